The molecule has 2 rings (SSSR count). The Morgan fingerprint density at radius 2 is 2.05 bits per heavy atom. The number of rotatable bonds is 4. The zero-order valence-corrected chi connectivity index (χ0v) is 12.6. The minimum absolute atomic E-state index is 0.0914. The average Bonchev–Trinajstić information content (AvgIpc) is 2.45. The van der Waals surface area contributed by atoms with Crippen LogP contribution in [-0.4, -0.2) is 33.4 Å². The Morgan fingerprint density at radius 1 is 1.29 bits per heavy atom. The monoisotopic (exact) mass is 308 g/mol. The van der Waals surface area contributed by atoms with Crippen molar-refractivity contribution < 1.29 is 17.9 Å². The first-order valence-corrected chi connectivity index (χ1v) is 8.21. The van der Waals surface area contributed by atoms with Gasteiger partial charge in [-0.05, 0) is 23.8 Å². The fraction of sp³-hybridized carbons (Fsp3) is 0.286. The number of hydrogen-bond acceptors (Lipinski definition) is 5. The van der Waals surface area contributed by atoms with E-state index in [1.807, 2.05) is 0 Å². The predicted molar refractivity (Wildman–Crippen MR) is 79.9 cm³/mol. The molecular weight excluding hydrogens is 292 g/mol. The highest BCUT2D eigenvalue weighted by molar-refractivity contribution is 7.90. The molecular formula is C14H16N2O4S. The Morgan fingerprint density at radius 3 is 2.62 bits per heavy atom. The van der Waals surface area contributed by atoms with E-state index in [-0.39, 0.29) is 10.8 Å². The summed E-state index contributed by atoms with van der Waals surface area (Å²) < 4.78 is 28.3. The van der Waals surface area contributed by atoms with Crippen molar-refractivity contribution in [3.63, 3.8) is 0 Å². The van der Waals surface area contributed by atoms with E-state index < -0.39 is 9.84 Å². The summed E-state index contributed by atoms with van der Waals surface area (Å²) in [7, 11) is -1.90. The Kier molecular flexibility index (Phi) is 4.42. The van der Waals surface area contributed by atoms with E-state index in [2.05, 4.69) is 10.5 Å². The van der Waals surface area contributed by atoms with Crippen LogP contribution < -0.4 is 10.2 Å². The third-order valence-corrected chi connectivity index (χ3v) is 4.12. The van der Waals surface area contributed by atoms with Gasteiger partial charge in [-0.1, -0.05) is 12.1 Å². The molecule has 0 spiro atoms. The predicted octanol–water partition coefficient (Wildman–Crippen LogP) is 1.38. The van der Waals surface area contributed by atoms with Crippen molar-refractivity contribution in [2.24, 2.45) is 5.10 Å². The Bertz CT molecular complexity index is 720. The summed E-state index contributed by atoms with van der Waals surface area (Å²) in [5.74, 6) is 0.213. The van der Waals surface area contributed by atoms with E-state index in [0.717, 1.165) is 17.5 Å². The minimum Gasteiger partial charge on any atom is -0.495 e. The van der Waals surface area contributed by atoms with Gasteiger partial charge in [-0.25, -0.2) is 13.8 Å². The molecule has 0 aromatic heterocycles. The standard InChI is InChI=1S/C14H16N2O4S/c1-20-12-9-10(4-7-13(12)21(2,18)19)3-5-11-6-8-14(17)16-15-11/h3-5,7,9H,6,8H2,1-2H3,(H,16,17). The summed E-state index contributed by atoms with van der Waals surface area (Å²) in [5.41, 5.74) is 3.97. The maximum Gasteiger partial charge on any atom is 0.240 e. The lowest BCUT2D eigenvalue weighted by molar-refractivity contribution is -0.121. The van der Waals surface area contributed by atoms with Gasteiger partial charge in [0.1, 0.15) is 10.6 Å². The molecule has 21 heavy (non-hydrogen) atoms. The Balaban J connectivity index is 2.24. The molecule has 0 atom stereocenters. The molecule has 0 radical (unpaired) electrons. The smallest absolute Gasteiger partial charge is 0.240 e. The molecule has 0 unspecified atom stereocenters. The molecule has 0 fully saturated rings. The molecule has 1 amide bonds. The van der Waals surface area contributed by atoms with Crippen molar-refractivity contribution >= 4 is 27.5 Å². The molecule has 1 aliphatic heterocycles. The average molecular weight is 308 g/mol. The molecule has 0 aliphatic carbocycles. The molecule has 1 aromatic rings. The van der Waals surface area contributed by atoms with Gasteiger partial charge >= 0.3 is 0 Å². The fourth-order valence-electron chi connectivity index (χ4n) is 1.89. The summed E-state index contributed by atoms with van der Waals surface area (Å²) in [4.78, 5) is 11.1. The van der Waals surface area contributed by atoms with Gasteiger partial charge in [-0.15, -0.1) is 0 Å². The van der Waals surface area contributed by atoms with Gasteiger partial charge in [0.2, 0.25) is 5.91 Å². The van der Waals surface area contributed by atoms with Crippen LogP contribution in [0.5, 0.6) is 5.75 Å². The van der Waals surface area contributed by atoms with Crippen molar-refractivity contribution in [1.82, 2.24) is 5.43 Å². The number of hydrazone groups is 1. The maximum atomic E-state index is 11.6. The molecule has 6 nitrogen and oxygen atoms in total. The van der Waals surface area contributed by atoms with Crippen LogP contribution in [0.15, 0.2) is 34.3 Å². The quantitative estimate of drug-likeness (QED) is 0.910. The molecule has 1 aromatic carbocycles. The lowest BCUT2D eigenvalue weighted by Crippen LogP contribution is -2.24. The third kappa shape index (κ3) is 3.91. The van der Waals surface area contributed by atoms with Gasteiger partial charge in [0.15, 0.2) is 9.84 Å². The van der Waals surface area contributed by atoms with Gasteiger partial charge in [0.05, 0.1) is 12.8 Å². The van der Waals surface area contributed by atoms with Crippen molar-refractivity contribution in [3.05, 3.63) is 29.8 Å². The number of nitrogens with one attached hydrogen (secondary N) is 1. The Hall–Kier alpha value is -2.15. The molecule has 7 heteroatoms. The van der Waals surface area contributed by atoms with E-state index in [9.17, 15) is 13.2 Å². The highest BCUT2D eigenvalue weighted by atomic mass is 32.2. The lowest BCUT2D eigenvalue weighted by atomic mass is 10.1. The van der Waals surface area contributed by atoms with E-state index in [1.165, 1.54) is 13.2 Å². The molecule has 0 saturated heterocycles. The van der Waals surface area contributed by atoms with Crippen molar-refractivity contribution in [1.29, 1.82) is 0 Å². The second-order valence-corrected chi connectivity index (χ2v) is 6.64. The number of nitrogens with zero attached hydrogens (tertiary/aromatic N) is 1. The molecule has 1 aliphatic rings. The highest BCUT2D eigenvalue weighted by Gasteiger charge is 2.14. The molecule has 0 saturated carbocycles. The summed E-state index contributed by atoms with van der Waals surface area (Å²) >= 11 is 0. The summed E-state index contributed by atoms with van der Waals surface area (Å²) in [6.45, 7) is 0. The third-order valence-electron chi connectivity index (χ3n) is 2.99. The second-order valence-electron chi connectivity index (χ2n) is 4.65. The van der Waals surface area contributed by atoms with Crippen LogP contribution in [0.1, 0.15) is 18.4 Å². The normalized spacial score (nSPS) is 15.7. The first-order chi connectivity index (χ1) is 9.90. The summed E-state index contributed by atoms with van der Waals surface area (Å²) in [6.07, 6.45) is 5.72. The van der Waals surface area contributed by atoms with Gasteiger partial charge in [0.25, 0.3) is 0 Å². The molecule has 112 valence electrons. The number of carbonyl (C=O) groups is 1. The SMILES string of the molecule is COc1cc(C=CC2=NNC(=O)CC2)ccc1S(C)(=O)=O. The number of ether oxygens (including phenoxy) is 1. The first kappa shape index (κ1) is 15.2. The van der Waals surface area contributed by atoms with Crippen LogP contribution in [0.3, 0.4) is 0 Å². The van der Waals surface area contributed by atoms with Crippen molar-refractivity contribution in [2.45, 2.75) is 17.7 Å². The van der Waals surface area contributed by atoms with Gasteiger partial charge in [0, 0.05) is 19.1 Å². The Labute approximate surface area is 123 Å². The number of hydrogen-bond donors (Lipinski definition) is 1. The van der Waals surface area contributed by atoms with E-state index in [4.69, 9.17) is 4.74 Å². The number of allylic oxidation sites excluding steroid dienone is 1. The van der Waals surface area contributed by atoms with Crippen LogP contribution in [-0.2, 0) is 14.6 Å². The van der Waals surface area contributed by atoms with Crippen LogP contribution in [0, 0.1) is 0 Å². The molecule has 0 bridgehead atoms. The van der Waals surface area contributed by atoms with Crippen molar-refractivity contribution in [2.75, 3.05) is 13.4 Å². The van der Waals surface area contributed by atoms with Crippen LogP contribution in [0.2, 0.25) is 0 Å². The molecule has 1 heterocycles. The summed E-state index contributed by atoms with van der Waals surface area (Å²) in [6, 6.07) is 4.85. The first-order valence-electron chi connectivity index (χ1n) is 6.32. The topological polar surface area (TPSA) is 84.8 Å². The summed E-state index contributed by atoms with van der Waals surface area (Å²) in [5, 5.41) is 3.93. The lowest BCUT2D eigenvalue weighted by Gasteiger charge is -2.09. The fourth-order valence-corrected chi connectivity index (χ4v) is 2.72. The van der Waals surface area contributed by atoms with Crippen LogP contribution in [0.25, 0.3) is 6.08 Å². The zero-order chi connectivity index (χ0) is 15.5. The van der Waals surface area contributed by atoms with Gasteiger partial charge in [-0.2, -0.15) is 5.10 Å². The number of sulfone groups is 1. The number of carbonyl (C=O) groups excluding carboxylic acids is 1. The van der Waals surface area contributed by atoms with E-state index in [0.29, 0.717) is 18.6 Å². The largest absolute Gasteiger partial charge is 0.495 e. The number of benzene rings is 1. The van der Waals surface area contributed by atoms with Gasteiger partial charge < -0.3 is 4.74 Å². The maximum absolute atomic E-state index is 11.6. The van der Waals surface area contributed by atoms with Crippen LogP contribution in [0.4, 0.5) is 0 Å². The van der Waals surface area contributed by atoms with Crippen LogP contribution >= 0.6 is 0 Å². The zero-order valence-electron chi connectivity index (χ0n) is 11.8. The highest BCUT2D eigenvalue weighted by Crippen LogP contribution is 2.25. The number of amides is 1. The van der Waals surface area contributed by atoms with E-state index >= 15 is 0 Å². The molecule has 1 N–H and O–H groups in total. The number of methoxy groups -OCH3 is 1. The van der Waals surface area contributed by atoms with E-state index in [1.54, 1.807) is 24.3 Å². The van der Waals surface area contributed by atoms with Crippen molar-refractivity contribution in [3.8, 4) is 5.75 Å². The second kappa shape index (κ2) is 6.09. The van der Waals surface area contributed by atoms with Gasteiger partial charge in [-0.3, -0.25) is 4.79 Å². The minimum atomic E-state index is -3.32.